The van der Waals surface area contributed by atoms with Crippen LogP contribution in [0.3, 0.4) is 0 Å². The zero-order valence-corrected chi connectivity index (χ0v) is 10.8. The molecule has 0 radical (unpaired) electrons. The quantitative estimate of drug-likeness (QED) is 0.904. The number of carbonyl (C=O) groups is 2. The van der Waals surface area contributed by atoms with E-state index in [1.807, 2.05) is 30.3 Å². The monoisotopic (exact) mass is 263 g/mol. The van der Waals surface area contributed by atoms with E-state index < -0.39 is 17.6 Å². The highest BCUT2D eigenvalue weighted by Crippen LogP contribution is 2.37. The van der Waals surface area contributed by atoms with Crippen molar-refractivity contribution in [2.24, 2.45) is 0 Å². The fourth-order valence-electron chi connectivity index (χ4n) is 2.20. The summed E-state index contributed by atoms with van der Waals surface area (Å²) in [7, 11) is 1.49. The van der Waals surface area contributed by atoms with Crippen LogP contribution in [0.5, 0.6) is 0 Å². The first kappa shape index (κ1) is 13.4. The van der Waals surface area contributed by atoms with Crippen molar-refractivity contribution in [3.8, 4) is 0 Å². The van der Waals surface area contributed by atoms with Crippen molar-refractivity contribution in [1.82, 2.24) is 4.90 Å². The molecule has 1 aliphatic rings. The van der Waals surface area contributed by atoms with Crippen molar-refractivity contribution >= 4 is 12.1 Å². The van der Waals surface area contributed by atoms with Gasteiger partial charge in [0.1, 0.15) is 12.1 Å². The number of hydrogen-bond acceptors (Lipinski definition) is 3. The smallest absolute Gasteiger partial charge is 0.410 e. The summed E-state index contributed by atoms with van der Waals surface area (Å²) in [6, 6.07) is 9.30. The van der Waals surface area contributed by atoms with Gasteiger partial charge in [-0.1, -0.05) is 30.3 Å². The van der Waals surface area contributed by atoms with Crippen LogP contribution in [-0.2, 0) is 16.1 Å². The molecule has 1 aromatic carbocycles. The summed E-state index contributed by atoms with van der Waals surface area (Å²) in [5, 5.41) is 9.24. The molecule has 19 heavy (non-hydrogen) atoms. The first-order valence-corrected chi connectivity index (χ1v) is 6.24. The van der Waals surface area contributed by atoms with Gasteiger partial charge in [0.25, 0.3) is 0 Å². The molecule has 0 aromatic heterocycles. The number of hydrogen-bond donors (Lipinski definition) is 1. The molecule has 1 amide bonds. The van der Waals surface area contributed by atoms with E-state index in [0.29, 0.717) is 12.8 Å². The maximum Gasteiger partial charge on any atom is 0.410 e. The van der Waals surface area contributed by atoms with Crippen LogP contribution >= 0.6 is 0 Å². The van der Waals surface area contributed by atoms with Crippen LogP contribution in [-0.4, -0.2) is 34.7 Å². The van der Waals surface area contributed by atoms with Gasteiger partial charge in [-0.2, -0.15) is 0 Å². The zero-order chi connectivity index (χ0) is 13.9. The molecule has 5 heteroatoms. The minimum atomic E-state index is -1.08. The van der Waals surface area contributed by atoms with E-state index in [9.17, 15) is 14.7 Å². The van der Waals surface area contributed by atoms with E-state index in [1.165, 1.54) is 11.9 Å². The molecular formula is C14H17NO4. The van der Waals surface area contributed by atoms with Gasteiger partial charge in [0.15, 0.2) is 0 Å². The normalized spacial score (nSPS) is 16.3. The molecule has 1 aromatic rings. The van der Waals surface area contributed by atoms with E-state index in [-0.39, 0.29) is 6.61 Å². The first-order chi connectivity index (χ1) is 9.06. The average molecular weight is 263 g/mol. The molecule has 1 saturated carbocycles. The summed E-state index contributed by atoms with van der Waals surface area (Å²) < 4.78 is 5.15. The van der Waals surface area contributed by atoms with Gasteiger partial charge >= 0.3 is 12.1 Å². The number of rotatable bonds is 4. The summed E-state index contributed by atoms with van der Waals surface area (Å²) in [5.74, 6) is -0.960. The highest BCUT2D eigenvalue weighted by atomic mass is 16.6. The lowest BCUT2D eigenvalue weighted by molar-refractivity contribution is -0.155. The highest BCUT2D eigenvalue weighted by Gasteiger charge is 2.50. The Morgan fingerprint density at radius 2 is 1.95 bits per heavy atom. The van der Waals surface area contributed by atoms with Crippen LogP contribution in [0.4, 0.5) is 4.79 Å². The van der Waals surface area contributed by atoms with Crippen molar-refractivity contribution in [2.75, 3.05) is 7.05 Å². The Bertz CT molecular complexity index is 468. The molecule has 0 heterocycles. The van der Waals surface area contributed by atoms with Crippen LogP contribution in [0.15, 0.2) is 30.3 Å². The Labute approximate surface area is 111 Å². The van der Waals surface area contributed by atoms with Crippen molar-refractivity contribution in [2.45, 2.75) is 31.4 Å². The van der Waals surface area contributed by atoms with Gasteiger partial charge in [-0.25, -0.2) is 9.59 Å². The predicted octanol–water partition coefficient (Wildman–Crippen LogP) is 2.26. The Kier molecular flexibility index (Phi) is 3.74. The van der Waals surface area contributed by atoms with Crippen molar-refractivity contribution in [1.29, 1.82) is 0 Å². The number of benzene rings is 1. The third kappa shape index (κ3) is 2.54. The molecule has 0 bridgehead atoms. The fourth-order valence-corrected chi connectivity index (χ4v) is 2.20. The molecular weight excluding hydrogens is 246 g/mol. The molecule has 1 aliphatic carbocycles. The summed E-state index contributed by atoms with van der Waals surface area (Å²) >= 11 is 0. The van der Waals surface area contributed by atoms with E-state index in [2.05, 4.69) is 0 Å². The molecule has 0 saturated heterocycles. The molecule has 0 unspecified atom stereocenters. The molecule has 5 nitrogen and oxygen atoms in total. The number of carbonyl (C=O) groups excluding carboxylic acids is 1. The van der Waals surface area contributed by atoms with Gasteiger partial charge in [-0.05, 0) is 24.8 Å². The number of aliphatic carboxylic acids is 1. The molecule has 0 spiro atoms. The van der Waals surface area contributed by atoms with Gasteiger partial charge in [0.2, 0.25) is 0 Å². The number of ether oxygens (including phenoxy) is 1. The Morgan fingerprint density at radius 3 is 2.42 bits per heavy atom. The summed E-state index contributed by atoms with van der Waals surface area (Å²) in [6.45, 7) is 0.152. The van der Waals surface area contributed by atoms with Crippen LogP contribution in [0.2, 0.25) is 0 Å². The fraction of sp³-hybridized carbons (Fsp3) is 0.429. The van der Waals surface area contributed by atoms with E-state index in [1.54, 1.807) is 0 Å². The molecule has 0 atom stereocenters. The SMILES string of the molecule is CN(C(=O)OCc1ccccc1)C1(C(=O)O)CCC1. The maximum absolute atomic E-state index is 11.9. The Morgan fingerprint density at radius 1 is 1.32 bits per heavy atom. The second-order valence-electron chi connectivity index (χ2n) is 4.79. The minimum Gasteiger partial charge on any atom is -0.479 e. The van der Waals surface area contributed by atoms with Crippen LogP contribution in [0, 0.1) is 0 Å². The average Bonchev–Trinajstić information content (AvgIpc) is 2.35. The third-order valence-electron chi connectivity index (χ3n) is 3.70. The third-order valence-corrected chi connectivity index (χ3v) is 3.70. The lowest BCUT2D eigenvalue weighted by atomic mass is 9.76. The maximum atomic E-state index is 11.9. The number of likely N-dealkylation sites (N-methyl/N-ethyl adjacent to an activating group) is 1. The molecule has 1 fully saturated rings. The lowest BCUT2D eigenvalue weighted by Gasteiger charge is -2.43. The molecule has 0 aliphatic heterocycles. The van der Waals surface area contributed by atoms with Crippen molar-refractivity contribution in [3.63, 3.8) is 0 Å². The van der Waals surface area contributed by atoms with Gasteiger partial charge in [-0.15, -0.1) is 0 Å². The molecule has 2 rings (SSSR count). The van der Waals surface area contributed by atoms with Gasteiger partial charge < -0.3 is 9.84 Å². The van der Waals surface area contributed by atoms with Gasteiger partial charge in [0, 0.05) is 7.05 Å². The standard InChI is InChI=1S/C14H17NO4/c1-15(14(12(16)17)8-5-9-14)13(18)19-10-11-6-3-2-4-7-11/h2-4,6-7H,5,8-10H2,1H3,(H,16,17). The van der Waals surface area contributed by atoms with Crippen LogP contribution in [0.25, 0.3) is 0 Å². The van der Waals surface area contributed by atoms with Crippen molar-refractivity contribution < 1.29 is 19.4 Å². The van der Waals surface area contributed by atoms with Crippen LogP contribution in [0.1, 0.15) is 24.8 Å². The summed E-state index contributed by atoms with van der Waals surface area (Å²) in [5.41, 5.74) is -0.199. The predicted molar refractivity (Wildman–Crippen MR) is 68.6 cm³/mol. The first-order valence-electron chi connectivity index (χ1n) is 6.24. The second kappa shape index (κ2) is 5.30. The number of nitrogens with zero attached hydrogens (tertiary/aromatic N) is 1. The second-order valence-corrected chi connectivity index (χ2v) is 4.79. The van der Waals surface area contributed by atoms with E-state index in [0.717, 1.165) is 12.0 Å². The topological polar surface area (TPSA) is 66.8 Å². The minimum absolute atomic E-state index is 0.152. The Hall–Kier alpha value is -2.04. The van der Waals surface area contributed by atoms with Gasteiger partial charge in [-0.3, -0.25) is 4.90 Å². The summed E-state index contributed by atoms with van der Waals surface area (Å²) in [4.78, 5) is 24.4. The zero-order valence-electron chi connectivity index (χ0n) is 10.8. The van der Waals surface area contributed by atoms with E-state index in [4.69, 9.17) is 4.74 Å². The Balaban J connectivity index is 1.94. The summed E-state index contributed by atoms with van der Waals surface area (Å²) in [6.07, 6.45) is 1.20. The largest absolute Gasteiger partial charge is 0.479 e. The highest BCUT2D eigenvalue weighted by molar-refractivity contribution is 5.85. The molecule has 1 N–H and O–H groups in total. The van der Waals surface area contributed by atoms with Crippen LogP contribution < -0.4 is 0 Å². The van der Waals surface area contributed by atoms with E-state index >= 15 is 0 Å². The number of amides is 1. The number of carboxylic acids is 1. The van der Waals surface area contributed by atoms with Crippen molar-refractivity contribution in [3.05, 3.63) is 35.9 Å². The number of carboxylic acid groups (broad SMARTS) is 1. The molecule has 102 valence electrons. The van der Waals surface area contributed by atoms with Gasteiger partial charge in [0.05, 0.1) is 0 Å². The lowest BCUT2D eigenvalue weighted by Crippen LogP contribution is -2.59.